The number of unbranched alkanes of at least 4 members (excludes halogenated alkanes) is 1. The number of ether oxygens (including phenoxy) is 1. The van der Waals surface area contributed by atoms with Crippen molar-refractivity contribution in [2.45, 2.75) is 12.8 Å². The lowest BCUT2D eigenvalue weighted by molar-refractivity contribution is 0.309. The summed E-state index contributed by atoms with van der Waals surface area (Å²) in [6, 6.07) is 16.3. The first-order chi connectivity index (χ1) is 11.4. The summed E-state index contributed by atoms with van der Waals surface area (Å²) in [6.07, 6.45) is 6.06. The van der Waals surface area contributed by atoms with E-state index in [1.54, 1.807) is 11.3 Å². The first kappa shape index (κ1) is 16.0. The molecule has 0 saturated carbocycles. The number of alkyl halides is 1. The molecule has 2 aromatic carbocycles. The molecule has 4 heteroatoms. The van der Waals surface area contributed by atoms with Gasteiger partial charge in [-0.1, -0.05) is 30.3 Å². The Kier molecular flexibility index (Phi) is 5.67. The van der Waals surface area contributed by atoms with Crippen molar-refractivity contribution < 1.29 is 4.74 Å². The second-order valence-corrected chi connectivity index (χ2v) is 6.58. The van der Waals surface area contributed by atoms with E-state index in [2.05, 4.69) is 23.2 Å². The van der Waals surface area contributed by atoms with Gasteiger partial charge in [-0.15, -0.1) is 22.9 Å². The SMILES string of the molecule is ClCCCCOc1ccccc1C=Cc1nc2ccccc2s1. The molecular weight excluding hydrogens is 326 g/mol. The Labute approximate surface area is 145 Å². The van der Waals surface area contributed by atoms with E-state index in [1.165, 1.54) is 4.70 Å². The van der Waals surface area contributed by atoms with Crippen molar-refractivity contribution in [1.82, 2.24) is 4.98 Å². The Morgan fingerprint density at radius 3 is 2.70 bits per heavy atom. The molecule has 0 atom stereocenters. The van der Waals surface area contributed by atoms with Gasteiger partial charge in [0, 0.05) is 11.4 Å². The molecule has 0 aliphatic carbocycles. The maximum atomic E-state index is 5.86. The monoisotopic (exact) mass is 343 g/mol. The van der Waals surface area contributed by atoms with Gasteiger partial charge in [-0.25, -0.2) is 4.98 Å². The molecule has 0 amide bonds. The normalized spacial score (nSPS) is 11.3. The predicted molar refractivity (Wildman–Crippen MR) is 100 cm³/mol. The Morgan fingerprint density at radius 2 is 1.83 bits per heavy atom. The number of fused-ring (bicyclic) bond motifs is 1. The van der Waals surface area contributed by atoms with Gasteiger partial charge in [0.05, 0.1) is 16.8 Å². The minimum Gasteiger partial charge on any atom is -0.493 e. The zero-order chi connectivity index (χ0) is 15.9. The number of nitrogens with zero attached hydrogens (tertiary/aromatic N) is 1. The average molecular weight is 344 g/mol. The summed E-state index contributed by atoms with van der Waals surface area (Å²) in [5, 5.41) is 1.00. The van der Waals surface area contributed by atoms with Crippen LogP contribution in [0.3, 0.4) is 0 Å². The highest BCUT2D eigenvalue weighted by molar-refractivity contribution is 7.19. The molecule has 23 heavy (non-hydrogen) atoms. The highest BCUT2D eigenvalue weighted by Crippen LogP contribution is 2.25. The fourth-order valence-corrected chi connectivity index (χ4v) is 3.31. The lowest BCUT2D eigenvalue weighted by Crippen LogP contribution is -1.98. The van der Waals surface area contributed by atoms with Crippen LogP contribution in [0.1, 0.15) is 23.4 Å². The summed E-state index contributed by atoms with van der Waals surface area (Å²) >= 11 is 7.39. The minimum absolute atomic E-state index is 0.683. The van der Waals surface area contributed by atoms with Gasteiger partial charge in [0.1, 0.15) is 10.8 Å². The smallest absolute Gasteiger partial charge is 0.126 e. The standard InChI is InChI=1S/C19H18ClNOS/c20-13-5-6-14-22-17-9-3-1-7-15(17)11-12-19-21-16-8-2-4-10-18(16)23-19/h1-4,7-12H,5-6,13-14H2. The first-order valence-corrected chi connectivity index (χ1v) is 9.03. The van der Waals surface area contributed by atoms with Crippen LogP contribution in [0.15, 0.2) is 48.5 Å². The van der Waals surface area contributed by atoms with Crippen LogP contribution in [0.4, 0.5) is 0 Å². The Hall–Kier alpha value is -1.84. The van der Waals surface area contributed by atoms with Crippen LogP contribution in [-0.4, -0.2) is 17.5 Å². The molecule has 0 bridgehead atoms. The van der Waals surface area contributed by atoms with Gasteiger partial charge in [-0.3, -0.25) is 0 Å². The lowest BCUT2D eigenvalue weighted by Gasteiger charge is -2.08. The number of hydrogen-bond acceptors (Lipinski definition) is 3. The number of hydrogen-bond donors (Lipinski definition) is 0. The van der Waals surface area contributed by atoms with E-state index in [0.29, 0.717) is 12.5 Å². The molecule has 0 spiro atoms. The van der Waals surface area contributed by atoms with Gasteiger partial charge in [0.2, 0.25) is 0 Å². The lowest BCUT2D eigenvalue weighted by atomic mass is 10.2. The molecule has 2 nitrogen and oxygen atoms in total. The third-order valence-corrected chi connectivity index (χ3v) is 4.69. The topological polar surface area (TPSA) is 22.1 Å². The highest BCUT2D eigenvalue weighted by atomic mass is 35.5. The summed E-state index contributed by atoms with van der Waals surface area (Å²) < 4.78 is 7.07. The average Bonchev–Trinajstić information content (AvgIpc) is 3.01. The van der Waals surface area contributed by atoms with Crippen LogP contribution >= 0.6 is 22.9 Å². The summed E-state index contributed by atoms with van der Waals surface area (Å²) in [5.41, 5.74) is 2.11. The van der Waals surface area contributed by atoms with Crippen molar-refractivity contribution in [3.63, 3.8) is 0 Å². The van der Waals surface area contributed by atoms with Crippen LogP contribution in [0.25, 0.3) is 22.4 Å². The third kappa shape index (κ3) is 4.34. The molecule has 3 rings (SSSR count). The number of aromatic nitrogens is 1. The van der Waals surface area contributed by atoms with Crippen molar-refractivity contribution in [3.8, 4) is 5.75 Å². The van der Waals surface area contributed by atoms with Crippen LogP contribution < -0.4 is 4.74 Å². The molecular formula is C19H18ClNOS. The Balaban J connectivity index is 1.73. The summed E-state index contributed by atoms with van der Waals surface area (Å²) in [4.78, 5) is 4.62. The molecule has 0 N–H and O–H groups in total. The van der Waals surface area contributed by atoms with Crippen molar-refractivity contribution >= 4 is 45.3 Å². The van der Waals surface area contributed by atoms with Crippen molar-refractivity contribution in [3.05, 3.63) is 59.1 Å². The van der Waals surface area contributed by atoms with E-state index in [-0.39, 0.29) is 0 Å². The van der Waals surface area contributed by atoms with Crippen molar-refractivity contribution in [1.29, 1.82) is 0 Å². The molecule has 118 valence electrons. The number of rotatable bonds is 7. The minimum atomic E-state index is 0.683. The third-order valence-electron chi connectivity index (χ3n) is 3.42. The molecule has 3 aromatic rings. The Bertz CT molecular complexity index is 764. The molecule has 0 aliphatic rings. The molecule has 1 heterocycles. The van der Waals surface area contributed by atoms with Crippen LogP contribution in [0.5, 0.6) is 5.75 Å². The molecule has 0 saturated heterocycles. The fraction of sp³-hybridized carbons (Fsp3) is 0.211. The van der Waals surface area contributed by atoms with Crippen LogP contribution in [0, 0.1) is 0 Å². The Morgan fingerprint density at radius 1 is 1.00 bits per heavy atom. The zero-order valence-corrected chi connectivity index (χ0v) is 14.3. The van der Waals surface area contributed by atoms with Gasteiger partial charge in [-0.05, 0) is 43.2 Å². The zero-order valence-electron chi connectivity index (χ0n) is 12.7. The maximum Gasteiger partial charge on any atom is 0.126 e. The quantitative estimate of drug-likeness (QED) is 0.395. The molecule has 1 aromatic heterocycles. The maximum absolute atomic E-state index is 5.86. The molecule has 0 radical (unpaired) electrons. The van der Waals surface area contributed by atoms with E-state index in [1.807, 2.05) is 42.5 Å². The summed E-state index contributed by atoms with van der Waals surface area (Å²) in [6.45, 7) is 0.693. The van der Waals surface area contributed by atoms with E-state index >= 15 is 0 Å². The summed E-state index contributed by atoms with van der Waals surface area (Å²) in [7, 11) is 0. The van der Waals surface area contributed by atoms with Crippen molar-refractivity contribution in [2.24, 2.45) is 0 Å². The van der Waals surface area contributed by atoms with Gasteiger partial charge < -0.3 is 4.74 Å². The molecule has 0 fully saturated rings. The van der Waals surface area contributed by atoms with Crippen molar-refractivity contribution in [2.75, 3.05) is 12.5 Å². The number of para-hydroxylation sites is 2. The number of thiazole rings is 1. The van der Waals surface area contributed by atoms with E-state index in [4.69, 9.17) is 16.3 Å². The van der Waals surface area contributed by atoms with E-state index < -0.39 is 0 Å². The van der Waals surface area contributed by atoms with E-state index in [9.17, 15) is 0 Å². The van der Waals surface area contributed by atoms with E-state index in [0.717, 1.165) is 34.7 Å². The fourth-order valence-electron chi connectivity index (χ4n) is 2.25. The second-order valence-electron chi connectivity index (χ2n) is 5.14. The number of halogens is 1. The van der Waals surface area contributed by atoms with Gasteiger partial charge >= 0.3 is 0 Å². The molecule has 0 aliphatic heterocycles. The predicted octanol–water partition coefficient (Wildman–Crippen LogP) is 5.86. The van der Waals surface area contributed by atoms with Crippen LogP contribution in [-0.2, 0) is 0 Å². The largest absolute Gasteiger partial charge is 0.493 e. The highest BCUT2D eigenvalue weighted by Gasteiger charge is 2.02. The summed E-state index contributed by atoms with van der Waals surface area (Å²) in [5.74, 6) is 1.59. The first-order valence-electron chi connectivity index (χ1n) is 7.68. The number of benzene rings is 2. The van der Waals surface area contributed by atoms with Crippen LogP contribution in [0.2, 0.25) is 0 Å². The van der Waals surface area contributed by atoms with Gasteiger partial charge in [0.25, 0.3) is 0 Å². The second kappa shape index (κ2) is 8.14. The van der Waals surface area contributed by atoms with Gasteiger partial charge in [-0.2, -0.15) is 0 Å². The van der Waals surface area contributed by atoms with Gasteiger partial charge in [0.15, 0.2) is 0 Å². The molecule has 0 unspecified atom stereocenters.